The van der Waals surface area contributed by atoms with Gasteiger partial charge in [-0.3, -0.25) is 19.3 Å². The number of thioether (sulfide) groups is 1. The Balaban J connectivity index is 0.000000562. The molecule has 14 heteroatoms. The lowest BCUT2D eigenvalue weighted by molar-refractivity contribution is -0.150. The van der Waals surface area contributed by atoms with E-state index in [1.54, 1.807) is 19.1 Å². The number of rotatable bonds is 10. The van der Waals surface area contributed by atoms with Crippen molar-refractivity contribution in [3.8, 4) is 5.75 Å². The molecule has 1 aromatic rings. The summed E-state index contributed by atoms with van der Waals surface area (Å²) in [4.78, 5) is 47.9. The highest BCUT2D eigenvalue weighted by Crippen LogP contribution is 2.40. The summed E-state index contributed by atoms with van der Waals surface area (Å²) in [6, 6.07) is 3.34. The van der Waals surface area contributed by atoms with E-state index in [1.807, 2.05) is 0 Å². The fraction of sp³-hybridized carbons (Fsp3) is 0.417. The standard InChI is InChI=1S/C18H19N3O5S.C6H14N2O2.H2O/c1-2-3-10-8-27-17-13(16(24)21(17)14(10)18(25)26)20-15(23)12(19)9-4-6-11(22)7-5-9;7-4-2-1-3-5(8)6(9)10;/h2-7,12-13,17,22H,8,19H2,1H3,(H,20,23)(H,25,26);5H,1-4,7-8H2,(H,9,10);1H2/b3-2-;;/t12-,13-,17-;;/m1../s1. The van der Waals surface area contributed by atoms with E-state index in [0.29, 0.717) is 29.9 Å². The summed E-state index contributed by atoms with van der Waals surface area (Å²) >= 11 is 1.39. The van der Waals surface area contributed by atoms with Crippen molar-refractivity contribution in [1.29, 1.82) is 0 Å². The summed E-state index contributed by atoms with van der Waals surface area (Å²) in [7, 11) is 0. The van der Waals surface area contributed by atoms with E-state index in [0.717, 1.165) is 12.8 Å². The van der Waals surface area contributed by atoms with E-state index in [4.69, 9.17) is 22.3 Å². The number of β-lactam (4-membered cyclic amide) rings is 1. The lowest BCUT2D eigenvalue weighted by atomic mass is 10.0. The number of amides is 2. The second kappa shape index (κ2) is 15.1. The van der Waals surface area contributed by atoms with Gasteiger partial charge in [0, 0.05) is 5.75 Å². The van der Waals surface area contributed by atoms with Gasteiger partial charge < -0.3 is 43.3 Å². The van der Waals surface area contributed by atoms with Crippen molar-refractivity contribution in [1.82, 2.24) is 10.2 Å². The molecule has 1 saturated heterocycles. The molecule has 210 valence electrons. The SMILES string of the molecule is C/C=C\C1=C(C(=O)O)N2C(=O)[C@@H](NC(=O)[C@H](N)c3ccc(O)cc3)[C@H]2SC1.NCCCCC(N)C(=O)O.O. The first kappa shape index (κ1) is 32.6. The third kappa shape index (κ3) is 8.03. The fourth-order valence-electron chi connectivity index (χ4n) is 3.68. The van der Waals surface area contributed by atoms with E-state index in [-0.39, 0.29) is 16.9 Å². The van der Waals surface area contributed by atoms with Crippen molar-refractivity contribution < 1.29 is 40.0 Å². The Morgan fingerprint density at radius 1 is 1.18 bits per heavy atom. The van der Waals surface area contributed by atoms with E-state index < -0.39 is 47.3 Å². The Labute approximate surface area is 224 Å². The molecule has 0 spiro atoms. The van der Waals surface area contributed by atoms with Gasteiger partial charge in [0.25, 0.3) is 5.91 Å². The van der Waals surface area contributed by atoms with Gasteiger partial charge in [-0.2, -0.15) is 0 Å². The van der Waals surface area contributed by atoms with Crippen LogP contribution in [-0.4, -0.2) is 79.2 Å². The van der Waals surface area contributed by atoms with Crippen molar-refractivity contribution in [3.63, 3.8) is 0 Å². The van der Waals surface area contributed by atoms with Gasteiger partial charge in [-0.25, -0.2) is 4.79 Å². The van der Waals surface area contributed by atoms with E-state index in [9.17, 15) is 29.4 Å². The number of aliphatic carboxylic acids is 2. The van der Waals surface area contributed by atoms with Gasteiger partial charge >= 0.3 is 11.9 Å². The normalized spacial score (nSPS) is 19.8. The molecule has 0 radical (unpaired) electrons. The number of hydrogen-bond donors (Lipinski definition) is 7. The van der Waals surface area contributed by atoms with Crippen LogP contribution >= 0.6 is 11.8 Å². The molecule has 0 saturated carbocycles. The number of carboxylic acids is 2. The summed E-state index contributed by atoms with van der Waals surface area (Å²) < 4.78 is 0. The maximum atomic E-state index is 12.5. The van der Waals surface area contributed by atoms with E-state index >= 15 is 0 Å². The number of nitrogens with one attached hydrogen (secondary N) is 1. The zero-order valence-electron chi connectivity index (χ0n) is 20.9. The third-order valence-electron chi connectivity index (χ3n) is 5.69. The molecule has 3 rings (SSSR count). The number of phenols is 1. The molecule has 2 aliphatic rings. The van der Waals surface area contributed by atoms with Crippen molar-refractivity contribution in [3.05, 3.63) is 53.3 Å². The molecule has 2 heterocycles. The van der Waals surface area contributed by atoms with Crippen LogP contribution in [0.1, 0.15) is 37.8 Å². The molecule has 4 atom stereocenters. The summed E-state index contributed by atoms with van der Waals surface area (Å²) in [5.41, 5.74) is 17.4. The summed E-state index contributed by atoms with van der Waals surface area (Å²) in [5.74, 6) is -2.64. The summed E-state index contributed by atoms with van der Waals surface area (Å²) in [5, 5.41) is 29.3. The number of phenolic OH excluding ortho intramolecular Hbond substituents is 1. The average Bonchev–Trinajstić information content (AvgIpc) is 2.87. The third-order valence-corrected chi connectivity index (χ3v) is 6.99. The first-order valence-corrected chi connectivity index (χ1v) is 12.7. The number of aromatic hydroxyl groups is 1. The number of nitrogens with zero attached hydrogens (tertiary/aromatic N) is 1. The Kier molecular flexibility index (Phi) is 13.0. The Morgan fingerprint density at radius 3 is 2.34 bits per heavy atom. The van der Waals surface area contributed by atoms with Crippen LogP contribution in [0, 0.1) is 0 Å². The first-order valence-electron chi connectivity index (χ1n) is 11.6. The minimum Gasteiger partial charge on any atom is -0.508 e. The topological polar surface area (TPSA) is 254 Å². The summed E-state index contributed by atoms with van der Waals surface area (Å²) in [6.07, 6.45) is 5.56. The van der Waals surface area contributed by atoms with Gasteiger partial charge in [0.2, 0.25) is 5.91 Å². The predicted octanol–water partition coefficient (Wildman–Crippen LogP) is -0.591. The van der Waals surface area contributed by atoms with Crippen LogP contribution in [0.15, 0.2) is 47.7 Å². The van der Waals surface area contributed by atoms with Crippen LogP contribution in [0.4, 0.5) is 0 Å². The maximum absolute atomic E-state index is 12.5. The molecular weight excluding hydrogens is 518 g/mol. The molecule has 1 fully saturated rings. The highest BCUT2D eigenvalue weighted by molar-refractivity contribution is 8.00. The Hall–Kier alpha value is -3.43. The van der Waals surface area contributed by atoms with Crippen LogP contribution < -0.4 is 22.5 Å². The molecule has 12 N–H and O–H groups in total. The zero-order valence-corrected chi connectivity index (χ0v) is 21.7. The van der Waals surface area contributed by atoms with Crippen LogP contribution in [0.3, 0.4) is 0 Å². The molecule has 2 amide bonds. The van der Waals surface area contributed by atoms with E-state index in [2.05, 4.69) is 5.32 Å². The number of carbonyl (C=O) groups excluding carboxylic acids is 2. The smallest absolute Gasteiger partial charge is 0.352 e. The number of allylic oxidation sites excluding steroid dienone is 2. The molecule has 0 bridgehead atoms. The predicted molar refractivity (Wildman–Crippen MR) is 142 cm³/mol. The number of carboxylic acid groups (broad SMARTS) is 2. The van der Waals surface area contributed by atoms with Crippen LogP contribution in [0.5, 0.6) is 5.75 Å². The second-order valence-corrected chi connectivity index (χ2v) is 9.48. The van der Waals surface area contributed by atoms with Gasteiger partial charge in [-0.05, 0) is 49.6 Å². The van der Waals surface area contributed by atoms with Crippen molar-refractivity contribution >= 4 is 35.5 Å². The van der Waals surface area contributed by atoms with Gasteiger partial charge in [-0.1, -0.05) is 30.7 Å². The number of nitrogens with two attached hydrogens (primary N) is 3. The second-order valence-electron chi connectivity index (χ2n) is 8.37. The molecule has 0 aromatic heterocycles. The average molecular weight is 554 g/mol. The van der Waals surface area contributed by atoms with Gasteiger partial charge in [0.1, 0.15) is 34.9 Å². The fourth-order valence-corrected chi connectivity index (χ4v) is 5.00. The molecule has 13 nitrogen and oxygen atoms in total. The highest BCUT2D eigenvalue weighted by atomic mass is 32.2. The van der Waals surface area contributed by atoms with Crippen molar-refractivity contribution in [2.45, 2.75) is 49.7 Å². The van der Waals surface area contributed by atoms with Crippen molar-refractivity contribution in [2.24, 2.45) is 17.2 Å². The van der Waals surface area contributed by atoms with Gasteiger partial charge in [0.15, 0.2) is 0 Å². The Bertz CT molecular complexity index is 1060. The lowest BCUT2D eigenvalue weighted by Crippen LogP contribution is -2.71. The lowest BCUT2D eigenvalue weighted by Gasteiger charge is -2.49. The Morgan fingerprint density at radius 2 is 1.82 bits per heavy atom. The van der Waals surface area contributed by atoms with Crippen LogP contribution in [0.25, 0.3) is 0 Å². The first-order chi connectivity index (χ1) is 17.5. The number of fused-ring (bicyclic) bond motifs is 1. The molecule has 1 aromatic carbocycles. The number of benzene rings is 1. The molecular formula is C24H35N5O8S. The zero-order chi connectivity index (χ0) is 27.7. The number of carbonyl (C=O) groups is 4. The maximum Gasteiger partial charge on any atom is 0.352 e. The quantitative estimate of drug-likeness (QED) is 0.142. The molecule has 1 unspecified atom stereocenters. The number of unbranched alkanes of at least 4 members (excludes halogenated alkanes) is 1. The van der Waals surface area contributed by atoms with E-state index in [1.165, 1.54) is 40.9 Å². The largest absolute Gasteiger partial charge is 0.508 e. The van der Waals surface area contributed by atoms with Gasteiger partial charge in [-0.15, -0.1) is 11.8 Å². The summed E-state index contributed by atoms with van der Waals surface area (Å²) in [6.45, 7) is 2.38. The molecule has 0 aliphatic carbocycles. The highest BCUT2D eigenvalue weighted by Gasteiger charge is 2.54. The minimum atomic E-state index is -1.17. The van der Waals surface area contributed by atoms with Gasteiger partial charge in [0.05, 0.1) is 0 Å². The molecule has 2 aliphatic heterocycles. The monoisotopic (exact) mass is 553 g/mol. The number of hydrogen-bond acceptors (Lipinski definition) is 9. The minimum absolute atomic E-state index is 0. The molecule has 38 heavy (non-hydrogen) atoms. The van der Waals surface area contributed by atoms with Crippen LogP contribution in [0.2, 0.25) is 0 Å². The van der Waals surface area contributed by atoms with Crippen LogP contribution in [-0.2, 0) is 19.2 Å². The van der Waals surface area contributed by atoms with Crippen molar-refractivity contribution in [2.75, 3.05) is 12.3 Å².